The second-order valence-corrected chi connectivity index (χ2v) is 4.59. The van der Waals surface area contributed by atoms with Crippen LogP contribution in [0.1, 0.15) is 30.8 Å². The van der Waals surface area contributed by atoms with E-state index in [0.717, 1.165) is 30.0 Å². The molecule has 1 heterocycles. The van der Waals surface area contributed by atoms with Gasteiger partial charge in [0.25, 0.3) is 0 Å². The Balaban J connectivity index is 1.99. The van der Waals surface area contributed by atoms with Gasteiger partial charge in [0.2, 0.25) is 0 Å². The maximum atomic E-state index is 10.4. The minimum atomic E-state index is -0.731. The molecule has 0 aliphatic carbocycles. The molecule has 0 aliphatic rings. The van der Waals surface area contributed by atoms with E-state index in [0.29, 0.717) is 6.42 Å². The minimum absolute atomic E-state index is 0.234. The summed E-state index contributed by atoms with van der Waals surface area (Å²) >= 11 is 0. The molecule has 0 amide bonds. The van der Waals surface area contributed by atoms with E-state index < -0.39 is 5.97 Å². The Morgan fingerprint density at radius 3 is 2.68 bits per heavy atom. The maximum absolute atomic E-state index is 10.4. The van der Waals surface area contributed by atoms with Crippen molar-refractivity contribution in [3.05, 3.63) is 48.0 Å². The fraction of sp³-hybridized carbons (Fsp3) is 0.333. The number of hydrogen-bond acceptors (Lipinski definition) is 2. The van der Waals surface area contributed by atoms with Gasteiger partial charge in [-0.05, 0) is 38.3 Å². The summed E-state index contributed by atoms with van der Waals surface area (Å²) in [5.41, 5.74) is 2.12. The number of carboxylic acids is 1. The van der Waals surface area contributed by atoms with Crippen LogP contribution in [0.4, 0.5) is 0 Å². The number of aliphatic carboxylic acids is 1. The van der Waals surface area contributed by atoms with Crippen molar-refractivity contribution in [3.8, 4) is 5.69 Å². The van der Waals surface area contributed by atoms with E-state index in [1.54, 1.807) is 0 Å². The standard InChI is InChI=1S/C15H18N2O2/c1-12-16-13(7-5-6-10-15(18)19)11-17(12)14-8-3-2-4-9-14/h2-4,8-9,11H,5-7,10H2,1H3,(H,18,19). The third kappa shape index (κ3) is 3.68. The van der Waals surface area contributed by atoms with Crippen molar-refractivity contribution in [1.82, 2.24) is 9.55 Å². The van der Waals surface area contributed by atoms with Crippen molar-refractivity contribution in [2.24, 2.45) is 0 Å². The molecule has 4 nitrogen and oxygen atoms in total. The number of carbonyl (C=O) groups is 1. The molecule has 1 aromatic heterocycles. The number of aromatic nitrogens is 2. The minimum Gasteiger partial charge on any atom is -0.481 e. The van der Waals surface area contributed by atoms with Crippen LogP contribution in [-0.4, -0.2) is 20.6 Å². The zero-order chi connectivity index (χ0) is 13.7. The van der Waals surface area contributed by atoms with Gasteiger partial charge in [0.05, 0.1) is 5.69 Å². The lowest BCUT2D eigenvalue weighted by molar-refractivity contribution is -0.137. The largest absolute Gasteiger partial charge is 0.481 e. The Labute approximate surface area is 112 Å². The number of rotatable bonds is 6. The van der Waals surface area contributed by atoms with Gasteiger partial charge < -0.3 is 9.67 Å². The van der Waals surface area contributed by atoms with E-state index in [4.69, 9.17) is 5.11 Å². The fourth-order valence-electron chi connectivity index (χ4n) is 2.09. The van der Waals surface area contributed by atoms with Gasteiger partial charge in [-0.3, -0.25) is 4.79 Å². The van der Waals surface area contributed by atoms with E-state index in [9.17, 15) is 4.79 Å². The van der Waals surface area contributed by atoms with E-state index in [-0.39, 0.29) is 6.42 Å². The molecule has 2 rings (SSSR count). The number of benzene rings is 1. The lowest BCUT2D eigenvalue weighted by Crippen LogP contribution is -1.95. The first-order valence-electron chi connectivity index (χ1n) is 6.49. The van der Waals surface area contributed by atoms with Crippen LogP contribution in [0.15, 0.2) is 36.5 Å². The Morgan fingerprint density at radius 2 is 2.00 bits per heavy atom. The summed E-state index contributed by atoms with van der Waals surface area (Å²) in [6, 6.07) is 10.1. The van der Waals surface area contributed by atoms with Crippen molar-refractivity contribution in [3.63, 3.8) is 0 Å². The predicted molar refractivity (Wildman–Crippen MR) is 73.5 cm³/mol. The smallest absolute Gasteiger partial charge is 0.303 e. The van der Waals surface area contributed by atoms with Gasteiger partial charge >= 0.3 is 5.97 Å². The molecule has 0 saturated carbocycles. The summed E-state index contributed by atoms with van der Waals surface area (Å²) < 4.78 is 2.06. The molecule has 4 heteroatoms. The third-order valence-electron chi connectivity index (χ3n) is 3.04. The van der Waals surface area contributed by atoms with E-state index in [1.807, 2.05) is 43.5 Å². The Morgan fingerprint density at radius 1 is 1.26 bits per heavy atom. The first-order chi connectivity index (χ1) is 9.16. The molecule has 19 heavy (non-hydrogen) atoms. The Bertz CT molecular complexity index is 547. The second-order valence-electron chi connectivity index (χ2n) is 4.59. The van der Waals surface area contributed by atoms with Crippen molar-refractivity contribution in [2.45, 2.75) is 32.6 Å². The summed E-state index contributed by atoms with van der Waals surface area (Å²) in [5.74, 6) is 0.227. The van der Waals surface area contributed by atoms with Crippen LogP contribution in [0.2, 0.25) is 0 Å². The number of aryl methyl sites for hydroxylation is 2. The monoisotopic (exact) mass is 258 g/mol. The number of unbranched alkanes of at least 4 members (excludes halogenated alkanes) is 1. The molecule has 0 unspecified atom stereocenters. The number of nitrogens with zero attached hydrogens (tertiary/aromatic N) is 2. The number of imidazole rings is 1. The van der Waals surface area contributed by atoms with Crippen LogP contribution >= 0.6 is 0 Å². The van der Waals surface area contributed by atoms with Gasteiger partial charge in [-0.1, -0.05) is 18.2 Å². The van der Waals surface area contributed by atoms with Gasteiger partial charge in [0.15, 0.2) is 0 Å². The van der Waals surface area contributed by atoms with Crippen LogP contribution in [0.3, 0.4) is 0 Å². The Hall–Kier alpha value is -2.10. The molecule has 1 N–H and O–H groups in total. The number of carboxylic acid groups (broad SMARTS) is 1. The zero-order valence-corrected chi connectivity index (χ0v) is 11.0. The first-order valence-corrected chi connectivity index (χ1v) is 6.49. The summed E-state index contributed by atoms with van der Waals surface area (Å²) in [7, 11) is 0. The highest BCUT2D eigenvalue weighted by atomic mass is 16.4. The van der Waals surface area contributed by atoms with Crippen LogP contribution in [0.5, 0.6) is 0 Å². The normalized spacial score (nSPS) is 10.6. The number of hydrogen-bond donors (Lipinski definition) is 1. The van der Waals surface area contributed by atoms with Crippen LogP contribution in [0, 0.1) is 6.92 Å². The maximum Gasteiger partial charge on any atom is 0.303 e. The van der Waals surface area contributed by atoms with Crippen LogP contribution in [-0.2, 0) is 11.2 Å². The van der Waals surface area contributed by atoms with Crippen molar-refractivity contribution in [1.29, 1.82) is 0 Å². The number of para-hydroxylation sites is 1. The molecule has 0 fully saturated rings. The molecular formula is C15H18N2O2. The average Bonchev–Trinajstić information content (AvgIpc) is 2.77. The van der Waals surface area contributed by atoms with Crippen LogP contribution < -0.4 is 0 Å². The highest BCUT2D eigenvalue weighted by Crippen LogP contribution is 2.13. The molecule has 0 spiro atoms. The van der Waals surface area contributed by atoms with Gasteiger partial charge in [-0.15, -0.1) is 0 Å². The molecule has 0 aliphatic heterocycles. The summed E-state index contributed by atoms with van der Waals surface area (Å²) in [6.07, 6.45) is 4.65. The first kappa shape index (κ1) is 13.3. The molecule has 1 aromatic carbocycles. The lowest BCUT2D eigenvalue weighted by atomic mass is 10.1. The van der Waals surface area contributed by atoms with Gasteiger partial charge in [-0.25, -0.2) is 4.98 Å². The van der Waals surface area contributed by atoms with E-state index in [1.165, 1.54) is 0 Å². The lowest BCUT2D eigenvalue weighted by Gasteiger charge is -2.03. The summed E-state index contributed by atoms with van der Waals surface area (Å²) in [5, 5.41) is 8.59. The molecule has 0 radical (unpaired) electrons. The SMILES string of the molecule is Cc1nc(CCCCC(=O)O)cn1-c1ccccc1. The quantitative estimate of drug-likeness (QED) is 0.810. The summed E-state index contributed by atoms with van der Waals surface area (Å²) in [4.78, 5) is 15.0. The van der Waals surface area contributed by atoms with Gasteiger partial charge in [0.1, 0.15) is 5.82 Å². The fourth-order valence-corrected chi connectivity index (χ4v) is 2.09. The van der Waals surface area contributed by atoms with Crippen molar-refractivity contribution < 1.29 is 9.90 Å². The molecule has 0 bridgehead atoms. The topological polar surface area (TPSA) is 55.1 Å². The average molecular weight is 258 g/mol. The van der Waals surface area contributed by atoms with Gasteiger partial charge in [-0.2, -0.15) is 0 Å². The van der Waals surface area contributed by atoms with E-state index in [2.05, 4.69) is 9.55 Å². The molecule has 0 saturated heterocycles. The second kappa shape index (κ2) is 6.18. The Kier molecular flexibility index (Phi) is 4.34. The molecule has 0 atom stereocenters. The van der Waals surface area contributed by atoms with Crippen molar-refractivity contribution >= 4 is 5.97 Å². The molecule has 2 aromatic rings. The zero-order valence-electron chi connectivity index (χ0n) is 11.0. The molecular weight excluding hydrogens is 240 g/mol. The highest BCUT2D eigenvalue weighted by Gasteiger charge is 2.06. The van der Waals surface area contributed by atoms with E-state index >= 15 is 0 Å². The highest BCUT2D eigenvalue weighted by molar-refractivity contribution is 5.66. The summed E-state index contributed by atoms with van der Waals surface area (Å²) in [6.45, 7) is 1.98. The van der Waals surface area contributed by atoms with Crippen LogP contribution in [0.25, 0.3) is 5.69 Å². The molecule has 100 valence electrons. The predicted octanol–water partition coefficient (Wildman–Crippen LogP) is 2.98. The third-order valence-corrected chi connectivity index (χ3v) is 3.04. The van der Waals surface area contributed by atoms with Crippen molar-refractivity contribution in [2.75, 3.05) is 0 Å². The van der Waals surface area contributed by atoms with Gasteiger partial charge in [0, 0.05) is 18.3 Å².